The number of nitrogens with one attached hydrogen (secondary N) is 1. The fraction of sp³-hybridized carbons (Fsp3) is 0.667. The van der Waals surface area contributed by atoms with Crippen LogP contribution in [-0.4, -0.2) is 113 Å². The number of nitrogens with zero attached hydrogens (tertiary/aromatic N) is 6. The molecule has 2 aliphatic rings. The van der Waals surface area contributed by atoms with Gasteiger partial charge in [-0.25, -0.2) is 9.98 Å². The van der Waals surface area contributed by atoms with Crippen LogP contribution in [0, 0.1) is 0 Å². The van der Waals surface area contributed by atoms with Crippen LogP contribution in [0.25, 0.3) is 11.2 Å². The molecule has 0 amide bonds. The van der Waals surface area contributed by atoms with Crippen molar-refractivity contribution in [1.29, 1.82) is 0 Å². The summed E-state index contributed by atoms with van der Waals surface area (Å²) in [6.07, 6.45) is 0.408. The average Bonchev–Trinajstić information content (AvgIpc) is 3.28. The molecule has 2 saturated heterocycles. The van der Waals surface area contributed by atoms with Crippen LogP contribution in [0.15, 0.2) is 16.1 Å². The van der Waals surface area contributed by atoms with Crippen LogP contribution in [0.4, 0.5) is 5.95 Å². The van der Waals surface area contributed by atoms with Gasteiger partial charge in [0.15, 0.2) is 17.4 Å². The van der Waals surface area contributed by atoms with E-state index in [2.05, 4.69) is 24.8 Å². The van der Waals surface area contributed by atoms with Gasteiger partial charge in [-0.15, -0.1) is 0 Å². The Morgan fingerprint density at radius 1 is 1.43 bits per heavy atom. The molecule has 2 N–H and O–H groups in total. The van der Waals surface area contributed by atoms with Gasteiger partial charge in [0.25, 0.3) is 5.56 Å². The van der Waals surface area contributed by atoms with Crippen LogP contribution < -0.4 is 5.56 Å². The number of rotatable bonds is 6. The zero-order valence-corrected chi connectivity index (χ0v) is 17.3. The summed E-state index contributed by atoms with van der Waals surface area (Å²) in [7, 11) is 5.15. The highest BCUT2D eigenvalue weighted by Crippen LogP contribution is 2.33. The molecular formula is C18H27N7O5. The van der Waals surface area contributed by atoms with Crippen molar-refractivity contribution in [1.82, 2.24) is 29.3 Å². The second kappa shape index (κ2) is 8.78. The fourth-order valence-electron chi connectivity index (χ4n) is 3.72. The van der Waals surface area contributed by atoms with E-state index in [1.807, 2.05) is 14.1 Å². The first-order valence-electron chi connectivity index (χ1n) is 9.82. The second-order valence-electron chi connectivity index (χ2n) is 7.59. The number of aromatic amines is 1. The Hall–Kier alpha value is -2.38. The van der Waals surface area contributed by atoms with Crippen molar-refractivity contribution < 1.29 is 19.3 Å². The van der Waals surface area contributed by atoms with E-state index in [0.29, 0.717) is 25.4 Å². The van der Waals surface area contributed by atoms with Gasteiger partial charge in [0.05, 0.1) is 25.9 Å². The molecule has 1 unspecified atom stereocenters. The number of aliphatic hydroxyl groups excluding tert-OH is 1. The van der Waals surface area contributed by atoms with Gasteiger partial charge in [0.1, 0.15) is 18.3 Å². The normalized spacial score (nSPS) is 28.0. The maximum atomic E-state index is 12.4. The first-order chi connectivity index (χ1) is 14.5. The van der Waals surface area contributed by atoms with Crippen molar-refractivity contribution in [3.05, 3.63) is 16.7 Å². The molecule has 2 aromatic rings. The molecule has 12 heteroatoms. The predicted molar refractivity (Wildman–Crippen MR) is 108 cm³/mol. The lowest BCUT2D eigenvalue weighted by molar-refractivity contribution is -0.0603. The molecule has 0 aromatic carbocycles. The van der Waals surface area contributed by atoms with Gasteiger partial charge in [-0.2, -0.15) is 4.98 Å². The Morgan fingerprint density at radius 2 is 2.20 bits per heavy atom. The highest BCUT2D eigenvalue weighted by molar-refractivity contribution is 5.71. The molecule has 4 atom stereocenters. The monoisotopic (exact) mass is 421 g/mol. The van der Waals surface area contributed by atoms with Crippen molar-refractivity contribution >= 4 is 23.5 Å². The van der Waals surface area contributed by atoms with E-state index in [0.717, 1.165) is 13.1 Å². The van der Waals surface area contributed by atoms with Gasteiger partial charge in [-0.1, -0.05) is 0 Å². The fourth-order valence-corrected chi connectivity index (χ4v) is 3.72. The van der Waals surface area contributed by atoms with E-state index in [-0.39, 0.29) is 11.5 Å². The summed E-state index contributed by atoms with van der Waals surface area (Å²) < 4.78 is 18.7. The van der Waals surface area contributed by atoms with Gasteiger partial charge >= 0.3 is 0 Å². The molecule has 0 saturated carbocycles. The molecule has 0 radical (unpaired) electrons. The summed E-state index contributed by atoms with van der Waals surface area (Å²) in [4.78, 5) is 31.7. The Morgan fingerprint density at radius 3 is 2.90 bits per heavy atom. The molecule has 12 nitrogen and oxygen atoms in total. The Balaban J connectivity index is 1.63. The first kappa shape index (κ1) is 20.9. The van der Waals surface area contributed by atoms with Crippen LogP contribution in [0.2, 0.25) is 0 Å². The highest BCUT2D eigenvalue weighted by Gasteiger charge is 2.46. The van der Waals surface area contributed by atoms with Gasteiger partial charge in [-0.05, 0) is 0 Å². The smallest absolute Gasteiger partial charge is 0.280 e. The van der Waals surface area contributed by atoms with Crippen molar-refractivity contribution in [2.24, 2.45) is 4.99 Å². The minimum absolute atomic E-state index is 0.153. The molecule has 2 aliphatic heterocycles. The Kier molecular flexibility index (Phi) is 6.11. The molecule has 164 valence electrons. The van der Waals surface area contributed by atoms with E-state index >= 15 is 0 Å². The number of morpholine rings is 1. The zero-order chi connectivity index (χ0) is 21.3. The maximum absolute atomic E-state index is 12.4. The lowest BCUT2D eigenvalue weighted by Gasteiger charge is -2.29. The Labute approximate surface area is 173 Å². The standard InChI is InChI=1S/C18H27N7O5/c1-23(2)9-20-18-21-15-12(16(27)22-18)19-10-25(15)17-14(28-3)13(26)11(30-17)8-24-4-6-29-7-5-24/h9-11,13-14,17,26H,4-8H2,1-3H3,(H,21,22,27)/t11-,13?,14+,17-/m1/s1. The minimum atomic E-state index is -0.839. The summed E-state index contributed by atoms with van der Waals surface area (Å²) in [5, 5.41) is 10.8. The largest absolute Gasteiger partial charge is 0.387 e. The number of methoxy groups -OCH3 is 1. The molecule has 2 fully saturated rings. The Bertz CT molecular complexity index is 952. The SMILES string of the molecule is CO[C@H]1C(O)[C@@H](CN2CCOCC2)O[C@H]1n1cnc2c(=O)[nH]c(N=CN(C)C)nc21. The summed E-state index contributed by atoms with van der Waals surface area (Å²) >= 11 is 0. The number of hydrogen-bond acceptors (Lipinski definition) is 9. The van der Waals surface area contributed by atoms with E-state index in [1.165, 1.54) is 19.8 Å². The quantitative estimate of drug-likeness (QED) is 0.443. The van der Waals surface area contributed by atoms with Gasteiger partial charge in [0, 0.05) is 40.8 Å². The number of aliphatic hydroxyl groups is 1. The summed E-state index contributed by atoms with van der Waals surface area (Å²) in [5.41, 5.74) is 0.0846. The second-order valence-corrected chi connectivity index (χ2v) is 7.59. The number of imidazole rings is 1. The van der Waals surface area contributed by atoms with Gasteiger partial charge < -0.3 is 24.2 Å². The van der Waals surface area contributed by atoms with Crippen LogP contribution >= 0.6 is 0 Å². The van der Waals surface area contributed by atoms with E-state index < -0.39 is 30.1 Å². The molecule has 0 aliphatic carbocycles. The van der Waals surface area contributed by atoms with E-state index in [9.17, 15) is 9.90 Å². The molecule has 0 spiro atoms. The summed E-state index contributed by atoms with van der Waals surface area (Å²) in [5.74, 6) is 0.153. The van der Waals surface area contributed by atoms with Crippen LogP contribution in [-0.2, 0) is 14.2 Å². The summed E-state index contributed by atoms with van der Waals surface area (Å²) in [6.45, 7) is 3.45. The van der Waals surface area contributed by atoms with Crippen LogP contribution in [0.5, 0.6) is 0 Å². The number of fused-ring (bicyclic) bond motifs is 1. The molecule has 2 aromatic heterocycles. The van der Waals surface area contributed by atoms with Crippen LogP contribution in [0.1, 0.15) is 6.23 Å². The minimum Gasteiger partial charge on any atom is -0.387 e. The first-order valence-corrected chi connectivity index (χ1v) is 9.82. The zero-order valence-electron chi connectivity index (χ0n) is 17.3. The van der Waals surface area contributed by atoms with Crippen molar-refractivity contribution in [3.63, 3.8) is 0 Å². The number of aromatic nitrogens is 4. The number of H-pyrrole nitrogens is 1. The molecule has 4 rings (SSSR count). The lowest BCUT2D eigenvalue weighted by atomic mass is 10.1. The third-order valence-electron chi connectivity index (χ3n) is 5.23. The van der Waals surface area contributed by atoms with Gasteiger partial charge in [0.2, 0.25) is 5.95 Å². The molecule has 4 heterocycles. The number of hydrogen-bond donors (Lipinski definition) is 2. The third kappa shape index (κ3) is 4.09. The van der Waals surface area contributed by atoms with Crippen molar-refractivity contribution in [2.45, 2.75) is 24.5 Å². The number of aliphatic imine (C=N–C) groups is 1. The van der Waals surface area contributed by atoms with Crippen molar-refractivity contribution in [3.8, 4) is 0 Å². The average molecular weight is 421 g/mol. The molecular weight excluding hydrogens is 394 g/mol. The lowest BCUT2D eigenvalue weighted by Crippen LogP contribution is -2.44. The third-order valence-corrected chi connectivity index (χ3v) is 5.23. The van der Waals surface area contributed by atoms with Crippen molar-refractivity contribution in [2.75, 3.05) is 54.1 Å². The van der Waals surface area contributed by atoms with E-state index in [4.69, 9.17) is 14.2 Å². The molecule has 30 heavy (non-hydrogen) atoms. The number of ether oxygens (including phenoxy) is 3. The predicted octanol–water partition coefficient (Wildman–Crippen LogP) is -1.05. The van der Waals surface area contributed by atoms with Crippen LogP contribution in [0.3, 0.4) is 0 Å². The molecule has 0 bridgehead atoms. The highest BCUT2D eigenvalue weighted by atomic mass is 16.6. The topological polar surface area (TPSA) is 130 Å². The summed E-state index contributed by atoms with van der Waals surface area (Å²) in [6, 6.07) is 0. The maximum Gasteiger partial charge on any atom is 0.280 e. The van der Waals surface area contributed by atoms with E-state index in [1.54, 1.807) is 9.47 Å². The van der Waals surface area contributed by atoms with Gasteiger partial charge in [-0.3, -0.25) is 19.2 Å².